The van der Waals surface area contributed by atoms with Gasteiger partial charge in [0, 0.05) is 18.1 Å². The maximum absolute atomic E-state index is 14.1. The molecule has 7 nitrogen and oxygen atoms in total. The lowest BCUT2D eigenvalue weighted by Gasteiger charge is -2.33. The molecule has 2 amide bonds. The summed E-state index contributed by atoms with van der Waals surface area (Å²) >= 11 is 6.01. The largest absolute Gasteiger partial charge is 0.354 e. The molecule has 0 spiro atoms. The van der Waals surface area contributed by atoms with E-state index in [0.29, 0.717) is 23.7 Å². The zero-order valence-corrected chi connectivity index (χ0v) is 25.3. The van der Waals surface area contributed by atoms with E-state index in [-0.39, 0.29) is 23.3 Å². The molecule has 9 heteroatoms. The van der Waals surface area contributed by atoms with Crippen molar-refractivity contribution >= 4 is 39.1 Å². The van der Waals surface area contributed by atoms with E-state index in [0.717, 1.165) is 21.0 Å². The van der Waals surface area contributed by atoms with Crippen LogP contribution in [0.25, 0.3) is 0 Å². The third-order valence-electron chi connectivity index (χ3n) is 6.64. The van der Waals surface area contributed by atoms with Gasteiger partial charge < -0.3 is 10.2 Å². The lowest BCUT2D eigenvalue weighted by Crippen LogP contribution is -2.52. The fourth-order valence-electron chi connectivity index (χ4n) is 4.36. The molecule has 0 aliphatic heterocycles. The van der Waals surface area contributed by atoms with Crippen LogP contribution in [-0.4, -0.2) is 44.3 Å². The van der Waals surface area contributed by atoms with Gasteiger partial charge in [-0.1, -0.05) is 68.8 Å². The fraction of sp³-hybridized carbons (Fsp3) is 0.355. The van der Waals surface area contributed by atoms with Gasteiger partial charge in [0.15, 0.2) is 0 Å². The summed E-state index contributed by atoms with van der Waals surface area (Å²) in [6, 6.07) is 19.7. The van der Waals surface area contributed by atoms with Gasteiger partial charge in [0.1, 0.15) is 12.6 Å². The topological polar surface area (TPSA) is 86.8 Å². The van der Waals surface area contributed by atoms with Crippen LogP contribution >= 0.6 is 11.6 Å². The van der Waals surface area contributed by atoms with Crippen LogP contribution in [0.1, 0.15) is 43.9 Å². The predicted molar refractivity (Wildman–Crippen MR) is 161 cm³/mol. The molecule has 3 aromatic carbocycles. The standard InChI is InChI=1S/C31H38ClN3O4S/c1-6-29(31(37)33-19-22(2)3)34(20-25-12-8-7-11-24(25)5)30(36)21-35(27-13-9-10-23(4)18-27)40(38,39)28-16-14-26(32)15-17-28/h7-18,22,29H,6,19-21H2,1-5H3,(H,33,37)/t29-/m0/s1. The van der Waals surface area contributed by atoms with Crippen molar-refractivity contribution in [3.05, 3.63) is 94.5 Å². The number of anilines is 1. The van der Waals surface area contributed by atoms with E-state index in [2.05, 4.69) is 5.32 Å². The number of hydrogen-bond donors (Lipinski definition) is 1. The number of hydrogen-bond acceptors (Lipinski definition) is 4. The third-order valence-corrected chi connectivity index (χ3v) is 8.68. The minimum Gasteiger partial charge on any atom is -0.354 e. The molecule has 1 atom stereocenters. The summed E-state index contributed by atoms with van der Waals surface area (Å²) in [5, 5.41) is 3.35. The molecule has 0 heterocycles. The molecule has 1 N–H and O–H groups in total. The van der Waals surface area contributed by atoms with Gasteiger partial charge in [-0.05, 0) is 79.3 Å². The van der Waals surface area contributed by atoms with Gasteiger partial charge in [-0.2, -0.15) is 0 Å². The van der Waals surface area contributed by atoms with E-state index in [1.54, 1.807) is 18.2 Å². The molecule has 0 bridgehead atoms. The monoisotopic (exact) mass is 583 g/mol. The highest BCUT2D eigenvalue weighted by Crippen LogP contribution is 2.26. The van der Waals surface area contributed by atoms with Gasteiger partial charge in [0.25, 0.3) is 10.0 Å². The SMILES string of the molecule is CC[C@@H](C(=O)NCC(C)C)N(Cc1ccccc1C)C(=O)CN(c1cccc(C)c1)S(=O)(=O)c1ccc(Cl)cc1. The van der Waals surface area contributed by atoms with Crippen molar-refractivity contribution in [3.63, 3.8) is 0 Å². The molecule has 0 fully saturated rings. The second-order valence-electron chi connectivity index (χ2n) is 10.3. The van der Waals surface area contributed by atoms with Gasteiger partial charge in [-0.15, -0.1) is 0 Å². The number of sulfonamides is 1. The predicted octanol–water partition coefficient (Wildman–Crippen LogP) is 5.73. The van der Waals surface area contributed by atoms with Gasteiger partial charge >= 0.3 is 0 Å². The number of rotatable bonds is 12. The van der Waals surface area contributed by atoms with Crippen molar-refractivity contribution in [2.75, 3.05) is 17.4 Å². The summed E-state index contributed by atoms with van der Waals surface area (Å²) in [5.41, 5.74) is 3.06. The highest BCUT2D eigenvalue weighted by molar-refractivity contribution is 7.92. The van der Waals surface area contributed by atoms with Crippen LogP contribution in [0.4, 0.5) is 5.69 Å². The molecule has 214 valence electrons. The Morgan fingerprint density at radius 2 is 1.62 bits per heavy atom. The molecule has 0 aliphatic rings. The van der Waals surface area contributed by atoms with E-state index in [9.17, 15) is 18.0 Å². The Morgan fingerprint density at radius 1 is 0.950 bits per heavy atom. The van der Waals surface area contributed by atoms with E-state index >= 15 is 0 Å². The van der Waals surface area contributed by atoms with E-state index in [1.807, 2.05) is 65.0 Å². The first-order chi connectivity index (χ1) is 18.9. The Bertz CT molecular complexity index is 1420. The summed E-state index contributed by atoms with van der Waals surface area (Å²) in [6.07, 6.45) is 0.371. The molecular formula is C31H38ClN3O4S. The molecular weight excluding hydrogens is 546 g/mol. The van der Waals surface area contributed by atoms with Gasteiger partial charge in [-0.25, -0.2) is 8.42 Å². The minimum absolute atomic E-state index is 0.0124. The molecule has 0 saturated carbocycles. The summed E-state index contributed by atoms with van der Waals surface area (Å²) < 4.78 is 28.9. The average Bonchev–Trinajstić information content (AvgIpc) is 2.91. The highest BCUT2D eigenvalue weighted by Gasteiger charge is 2.34. The van der Waals surface area contributed by atoms with Crippen LogP contribution in [0.15, 0.2) is 77.7 Å². The zero-order chi connectivity index (χ0) is 29.4. The van der Waals surface area contributed by atoms with Crippen LogP contribution in [0, 0.1) is 19.8 Å². The molecule has 0 unspecified atom stereocenters. The normalized spacial score (nSPS) is 12.2. The van der Waals surface area contributed by atoms with Crippen LogP contribution in [-0.2, 0) is 26.2 Å². The fourth-order valence-corrected chi connectivity index (χ4v) is 5.89. The third kappa shape index (κ3) is 7.86. The second kappa shape index (κ2) is 13.8. The Balaban J connectivity index is 2.06. The molecule has 3 aromatic rings. The number of carbonyl (C=O) groups is 2. The number of aryl methyl sites for hydroxylation is 2. The van der Waals surface area contributed by atoms with Gasteiger partial charge in [0.05, 0.1) is 10.6 Å². The van der Waals surface area contributed by atoms with E-state index in [4.69, 9.17) is 11.6 Å². The summed E-state index contributed by atoms with van der Waals surface area (Å²) in [6.45, 7) is 9.81. The van der Waals surface area contributed by atoms with Crippen molar-refractivity contribution in [1.29, 1.82) is 0 Å². The van der Waals surface area contributed by atoms with Gasteiger partial charge in [0.2, 0.25) is 11.8 Å². The van der Waals surface area contributed by atoms with Crippen LogP contribution < -0.4 is 9.62 Å². The highest BCUT2D eigenvalue weighted by atomic mass is 35.5. The molecule has 0 saturated heterocycles. The van der Waals surface area contributed by atoms with Crippen LogP contribution in [0.5, 0.6) is 0 Å². The van der Waals surface area contributed by atoms with E-state index in [1.165, 1.54) is 29.2 Å². The van der Waals surface area contributed by atoms with Crippen molar-refractivity contribution < 1.29 is 18.0 Å². The molecule has 0 aromatic heterocycles. The Kier molecular flexibility index (Phi) is 10.8. The minimum atomic E-state index is -4.14. The van der Waals surface area contributed by atoms with E-state index < -0.39 is 28.5 Å². The summed E-state index contributed by atoms with van der Waals surface area (Å²) in [5.74, 6) is -0.502. The average molecular weight is 584 g/mol. The molecule has 0 aliphatic carbocycles. The number of amides is 2. The molecule has 3 rings (SSSR count). The first-order valence-corrected chi connectivity index (χ1v) is 15.2. The van der Waals surface area contributed by atoms with Crippen LogP contribution in [0.2, 0.25) is 5.02 Å². The number of halogens is 1. The van der Waals surface area contributed by atoms with Gasteiger partial charge in [-0.3, -0.25) is 13.9 Å². The summed E-state index contributed by atoms with van der Waals surface area (Å²) in [4.78, 5) is 28.9. The second-order valence-corrected chi connectivity index (χ2v) is 12.6. The number of carbonyl (C=O) groups excluding carboxylic acids is 2. The van der Waals surface area contributed by atoms with Crippen molar-refractivity contribution in [2.24, 2.45) is 5.92 Å². The van der Waals surface area contributed by atoms with Crippen molar-refractivity contribution in [2.45, 2.75) is 58.5 Å². The Labute approximate surface area is 243 Å². The maximum atomic E-state index is 14.1. The summed E-state index contributed by atoms with van der Waals surface area (Å²) in [7, 11) is -4.14. The van der Waals surface area contributed by atoms with Crippen LogP contribution in [0.3, 0.4) is 0 Å². The number of nitrogens with one attached hydrogen (secondary N) is 1. The van der Waals surface area contributed by atoms with Crippen molar-refractivity contribution in [1.82, 2.24) is 10.2 Å². The number of benzene rings is 3. The van der Waals surface area contributed by atoms with Crippen molar-refractivity contribution in [3.8, 4) is 0 Å². The first-order valence-electron chi connectivity index (χ1n) is 13.4. The maximum Gasteiger partial charge on any atom is 0.264 e. The quantitative estimate of drug-likeness (QED) is 0.295. The lowest BCUT2D eigenvalue weighted by atomic mass is 10.1. The number of nitrogens with zero attached hydrogens (tertiary/aromatic N) is 2. The molecule has 40 heavy (non-hydrogen) atoms. The lowest BCUT2D eigenvalue weighted by molar-refractivity contribution is -0.140. The first kappa shape index (κ1) is 31.2. The zero-order valence-electron chi connectivity index (χ0n) is 23.7. The Hall–Kier alpha value is -3.36. The smallest absolute Gasteiger partial charge is 0.264 e. The Morgan fingerprint density at radius 3 is 2.23 bits per heavy atom. The molecule has 0 radical (unpaired) electrons.